The van der Waals surface area contributed by atoms with Crippen LogP contribution in [0, 0.1) is 10.5 Å². The first kappa shape index (κ1) is 12.3. The molecule has 0 aliphatic heterocycles. The minimum atomic E-state index is -1.02. The Bertz CT molecular complexity index is 369. The molecule has 0 heterocycles. The number of phenolic OH excluding ortho intramolecular Hbond substituents is 1. The number of hydrogen-bond donors (Lipinski definition) is 3. The fourth-order valence-electron chi connectivity index (χ4n) is 1.27. The molecule has 0 aliphatic carbocycles. The number of benzene rings is 1. The maximum Gasteiger partial charge on any atom is 0.320 e. The molecule has 1 atom stereocenters. The summed E-state index contributed by atoms with van der Waals surface area (Å²) in [5, 5.41) is 18.2. The molecule has 0 bridgehead atoms. The second kappa shape index (κ2) is 4.80. The lowest BCUT2D eigenvalue weighted by atomic mass is 10.0. The van der Waals surface area contributed by atoms with Crippen LogP contribution < -0.4 is 5.73 Å². The number of aromatic hydroxyl groups is 1. The monoisotopic (exact) mass is 321 g/mol. The van der Waals surface area contributed by atoms with E-state index in [-0.39, 0.29) is 12.2 Å². The number of aryl methyl sites for hydroxylation is 1. The molecule has 4 N–H and O–H groups in total. The van der Waals surface area contributed by atoms with Gasteiger partial charge in [0.1, 0.15) is 11.8 Å². The summed E-state index contributed by atoms with van der Waals surface area (Å²) in [4.78, 5) is 10.6. The third-order valence-electron chi connectivity index (χ3n) is 2.09. The van der Waals surface area contributed by atoms with Crippen molar-refractivity contribution in [3.05, 3.63) is 26.8 Å². The lowest BCUT2D eigenvalue weighted by molar-refractivity contribution is -0.138. The maximum atomic E-state index is 10.6. The van der Waals surface area contributed by atoms with Crippen molar-refractivity contribution in [3.63, 3.8) is 0 Å². The van der Waals surface area contributed by atoms with Crippen LogP contribution in [0.5, 0.6) is 5.75 Å². The van der Waals surface area contributed by atoms with Gasteiger partial charge in [0.15, 0.2) is 0 Å². The van der Waals surface area contributed by atoms with Gasteiger partial charge in [-0.3, -0.25) is 4.79 Å². The van der Waals surface area contributed by atoms with Crippen molar-refractivity contribution in [2.24, 2.45) is 5.73 Å². The van der Waals surface area contributed by atoms with Crippen LogP contribution in [-0.2, 0) is 11.2 Å². The second-order valence-electron chi connectivity index (χ2n) is 3.39. The number of carboxylic acid groups (broad SMARTS) is 1. The van der Waals surface area contributed by atoms with Gasteiger partial charge >= 0.3 is 5.97 Å². The third-order valence-corrected chi connectivity index (χ3v) is 2.91. The van der Waals surface area contributed by atoms with E-state index >= 15 is 0 Å². The molecule has 1 aromatic carbocycles. The predicted octanol–water partition coefficient (Wildman–Crippen LogP) is 1.26. The van der Waals surface area contributed by atoms with Gasteiger partial charge in [0.05, 0.1) is 3.57 Å². The molecule has 15 heavy (non-hydrogen) atoms. The molecule has 1 rings (SSSR count). The highest BCUT2D eigenvalue weighted by atomic mass is 127. The molecule has 0 aliphatic rings. The maximum absolute atomic E-state index is 10.6. The van der Waals surface area contributed by atoms with Crippen LogP contribution in [0.25, 0.3) is 0 Å². The minimum absolute atomic E-state index is 0.239. The van der Waals surface area contributed by atoms with E-state index in [9.17, 15) is 9.90 Å². The van der Waals surface area contributed by atoms with Crippen LogP contribution >= 0.6 is 22.6 Å². The highest BCUT2D eigenvalue weighted by Crippen LogP contribution is 2.25. The van der Waals surface area contributed by atoms with Gasteiger partial charge in [-0.05, 0) is 53.1 Å². The van der Waals surface area contributed by atoms with Gasteiger partial charge in [-0.25, -0.2) is 0 Å². The number of carbonyl (C=O) groups is 1. The lowest BCUT2D eigenvalue weighted by Crippen LogP contribution is -2.32. The summed E-state index contributed by atoms with van der Waals surface area (Å²) in [7, 11) is 0. The van der Waals surface area contributed by atoms with Gasteiger partial charge in [0.2, 0.25) is 0 Å². The van der Waals surface area contributed by atoms with Crippen LogP contribution in [0.3, 0.4) is 0 Å². The molecule has 0 saturated heterocycles. The molecule has 4 nitrogen and oxygen atoms in total. The molecule has 82 valence electrons. The third kappa shape index (κ3) is 3.07. The Morgan fingerprint density at radius 2 is 2.20 bits per heavy atom. The van der Waals surface area contributed by atoms with E-state index in [1.807, 2.05) is 22.6 Å². The Hall–Kier alpha value is -0.820. The van der Waals surface area contributed by atoms with Crippen molar-refractivity contribution in [2.45, 2.75) is 19.4 Å². The first-order chi connectivity index (χ1) is 6.91. The van der Waals surface area contributed by atoms with Crippen LogP contribution in [0.2, 0.25) is 0 Å². The van der Waals surface area contributed by atoms with Crippen molar-refractivity contribution in [2.75, 3.05) is 0 Å². The molecular weight excluding hydrogens is 309 g/mol. The highest BCUT2D eigenvalue weighted by Gasteiger charge is 2.13. The van der Waals surface area contributed by atoms with Gasteiger partial charge in [0.25, 0.3) is 0 Å². The Kier molecular flexibility index (Phi) is 3.92. The van der Waals surface area contributed by atoms with E-state index in [0.29, 0.717) is 3.57 Å². The van der Waals surface area contributed by atoms with Crippen molar-refractivity contribution in [1.29, 1.82) is 0 Å². The Morgan fingerprint density at radius 3 is 2.67 bits per heavy atom. The summed E-state index contributed by atoms with van der Waals surface area (Å²) in [6, 6.07) is 2.59. The fraction of sp³-hybridized carbons (Fsp3) is 0.300. The van der Waals surface area contributed by atoms with Crippen LogP contribution in [0.4, 0.5) is 0 Å². The highest BCUT2D eigenvalue weighted by molar-refractivity contribution is 14.1. The number of hydrogen-bond acceptors (Lipinski definition) is 3. The van der Waals surface area contributed by atoms with Gasteiger partial charge < -0.3 is 15.9 Å². The van der Waals surface area contributed by atoms with Crippen LogP contribution in [-0.4, -0.2) is 22.2 Å². The first-order valence-electron chi connectivity index (χ1n) is 4.38. The number of nitrogens with two attached hydrogens (primary N) is 1. The number of rotatable bonds is 3. The number of carboxylic acids is 1. The Labute approximate surface area is 101 Å². The number of aliphatic carboxylic acids is 1. The molecule has 0 radical (unpaired) electrons. The quantitative estimate of drug-likeness (QED) is 0.732. The minimum Gasteiger partial charge on any atom is -0.507 e. The Morgan fingerprint density at radius 1 is 1.60 bits per heavy atom. The molecule has 0 aromatic heterocycles. The lowest BCUT2D eigenvalue weighted by Gasteiger charge is -2.09. The summed E-state index contributed by atoms with van der Waals surface area (Å²) in [6.45, 7) is 1.77. The molecule has 0 unspecified atom stereocenters. The summed E-state index contributed by atoms with van der Waals surface area (Å²) < 4.78 is 0.709. The molecule has 0 amide bonds. The predicted molar refractivity (Wildman–Crippen MR) is 64.9 cm³/mol. The van der Waals surface area contributed by atoms with E-state index < -0.39 is 12.0 Å². The van der Waals surface area contributed by atoms with Crippen molar-refractivity contribution < 1.29 is 15.0 Å². The topological polar surface area (TPSA) is 83.6 Å². The zero-order chi connectivity index (χ0) is 11.6. The van der Waals surface area contributed by atoms with Crippen LogP contribution in [0.15, 0.2) is 12.1 Å². The largest absolute Gasteiger partial charge is 0.507 e. The van der Waals surface area contributed by atoms with Gasteiger partial charge in [0, 0.05) is 0 Å². The summed E-state index contributed by atoms with van der Waals surface area (Å²) in [5.74, 6) is -0.779. The van der Waals surface area contributed by atoms with E-state index in [0.717, 1.165) is 11.1 Å². The zero-order valence-corrected chi connectivity index (χ0v) is 10.4. The molecule has 1 aromatic rings. The van der Waals surface area contributed by atoms with Gasteiger partial charge in [-0.15, -0.1) is 0 Å². The molecular formula is C10H12INO3. The Balaban J connectivity index is 2.92. The van der Waals surface area contributed by atoms with Crippen molar-refractivity contribution in [3.8, 4) is 5.75 Å². The van der Waals surface area contributed by atoms with Crippen molar-refractivity contribution in [1.82, 2.24) is 0 Å². The molecule has 5 heteroatoms. The second-order valence-corrected chi connectivity index (χ2v) is 4.55. The van der Waals surface area contributed by atoms with E-state index in [1.54, 1.807) is 19.1 Å². The standard InChI is InChI=1S/C10H12INO3/c1-5-2-6(3-7(11)9(5)13)4-8(12)10(14)15/h2-3,8,13H,4,12H2,1H3,(H,14,15)/t8-/m1/s1. The van der Waals surface area contributed by atoms with E-state index in [4.69, 9.17) is 10.8 Å². The van der Waals surface area contributed by atoms with Crippen molar-refractivity contribution >= 4 is 28.6 Å². The molecule has 0 spiro atoms. The number of halogens is 1. The summed E-state index contributed by atoms with van der Waals surface area (Å²) >= 11 is 2.00. The average Bonchev–Trinajstić information content (AvgIpc) is 2.13. The van der Waals surface area contributed by atoms with E-state index in [1.165, 1.54) is 0 Å². The number of phenols is 1. The zero-order valence-electron chi connectivity index (χ0n) is 8.20. The molecule has 0 saturated carbocycles. The summed E-state index contributed by atoms with van der Waals surface area (Å²) in [6.07, 6.45) is 0.270. The average molecular weight is 321 g/mol. The smallest absolute Gasteiger partial charge is 0.320 e. The first-order valence-corrected chi connectivity index (χ1v) is 5.46. The van der Waals surface area contributed by atoms with Crippen LogP contribution in [0.1, 0.15) is 11.1 Å². The van der Waals surface area contributed by atoms with Gasteiger partial charge in [-0.1, -0.05) is 6.07 Å². The molecule has 0 fully saturated rings. The SMILES string of the molecule is Cc1cc(C[C@@H](N)C(=O)O)cc(I)c1O. The van der Waals surface area contributed by atoms with Gasteiger partial charge in [-0.2, -0.15) is 0 Å². The fourth-order valence-corrected chi connectivity index (χ4v) is 2.09. The van der Waals surface area contributed by atoms with E-state index in [2.05, 4.69) is 0 Å². The normalized spacial score (nSPS) is 12.5. The summed E-state index contributed by atoms with van der Waals surface area (Å²) in [5.41, 5.74) is 6.98.